The molecule has 28 heavy (non-hydrogen) atoms. The molecule has 0 radical (unpaired) electrons. The van der Waals surface area contributed by atoms with Crippen molar-refractivity contribution >= 4 is 10.0 Å². The van der Waals surface area contributed by atoms with Gasteiger partial charge < -0.3 is 4.52 Å². The number of hydrogen-bond acceptors (Lipinski definition) is 6. The Morgan fingerprint density at radius 1 is 1.18 bits per heavy atom. The monoisotopic (exact) mass is 398 g/mol. The summed E-state index contributed by atoms with van der Waals surface area (Å²) < 4.78 is 32.9. The predicted molar refractivity (Wildman–Crippen MR) is 105 cm³/mol. The molecule has 1 aromatic carbocycles. The molecule has 2 aromatic heterocycles. The van der Waals surface area contributed by atoms with Crippen LogP contribution in [-0.4, -0.2) is 34.4 Å². The first-order chi connectivity index (χ1) is 13.5. The highest BCUT2D eigenvalue weighted by Gasteiger charge is 2.36. The maximum Gasteiger partial charge on any atom is 0.218 e. The lowest BCUT2D eigenvalue weighted by Gasteiger charge is -2.24. The van der Waals surface area contributed by atoms with Gasteiger partial charge in [-0.2, -0.15) is 4.31 Å². The highest BCUT2D eigenvalue weighted by atomic mass is 32.2. The van der Waals surface area contributed by atoms with Crippen LogP contribution < -0.4 is 0 Å². The van der Waals surface area contributed by atoms with Crippen molar-refractivity contribution in [1.29, 1.82) is 0 Å². The summed E-state index contributed by atoms with van der Waals surface area (Å²) in [6.45, 7) is 4.16. The third-order valence-electron chi connectivity index (χ3n) is 5.03. The van der Waals surface area contributed by atoms with E-state index in [2.05, 4.69) is 15.1 Å². The fourth-order valence-electron chi connectivity index (χ4n) is 3.72. The third kappa shape index (κ3) is 3.57. The van der Waals surface area contributed by atoms with Crippen LogP contribution in [-0.2, 0) is 15.8 Å². The largest absolute Gasteiger partial charge is 0.361 e. The maximum atomic E-state index is 13.1. The van der Waals surface area contributed by atoms with Crippen LogP contribution in [0.3, 0.4) is 0 Å². The first kappa shape index (κ1) is 18.8. The minimum atomic E-state index is -3.45. The SMILES string of the molecule is Cc1noc(C)c1-c1nccc([C@@H]2CCCN2S(=O)(=O)Cc2ccccc2)n1. The van der Waals surface area contributed by atoms with Crippen molar-refractivity contribution in [3.8, 4) is 11.4 Å². The molecule has 0 amide bonds. The van der Waals surface area contributed by atoms with Gasteiger partial charge in [0.15, 0.2) is 5.82 Å². The summed E-state index contributed by atoms with van der Waals surface area (Å²) in [5, 5.41) is 3.96. The number of hydrogen-bond donors (Lipinski definition) is 0. The Labute approximate surface area is 164 Å². The van der Waals surface area contributed by atoms with Gasteiger partial charge in [0.25, 0.3) is 0 Å². The zero-order chi connectivity index (χ0) is 19.7. The van der Waals surface area contributed by atoms with Gasteiger partial charge in [0.2, 0.25) is 10.0 Å². The smallest absolute Gasteiger partial charge is 0.218 e. The normalized spacial score (nSPS) is 17.9. The fraction of sp³-hybridized carbons (Fsp3) is 0.350. The van der Waals surface area contributed by atoms with E-state index in [1.54, 1.807) is 16.6 Å². The lowest BCUT2D eigenvalue weighted by atomic mass is 10.1. The zero-order valence-electron chi connectivity index (χ0n) is 15.9. The molecule has 0 spiro atoms. The van der Waals surface area contributed by atoms with Gasteiger partial charge in [0, 0.05) is 12.7 Å². The molecule has 0 unspecified atom stereocenters. The number of sulfonamides is 1. The van der Waals surface area contributed by atoms with Crippen LogP contribution in [0, 0.1) is 13.8 Å². The molecule has 1 fully saturated rings. The molecule has 1 atom stereocenters. The van der Waals surface area contributed by atoms with E-state index < -0.39 is 10.0 Å². The van der Waals surface area contributed by atoms with Crippen LogP contribution >= 0.6 is 0 Å². The lowest BCUT2D eigenvalue weighted by molar-refractivity contribution is 0.389. The van der Waals surface area contributed by atoms with Crippen molar-refractivity contribution in [2.24, 2.45) is 0 Å². The van der Waals surface area contributed by atoms with Crippen LogP contribution in [0.1, 0.15) is 41.6 Å². The van der Waals surface area contributed by atoms with Crippen molar-refractivity contribution in [1.82, 2.24) is 19.4 Å². The average Bonchev–Trinajstić information content (AvgIpc) is 3.30. The van der Waals surface area contributed by atoms with Gasteiger partial charge in [0.1, 0.15) is 5.76 Å². The Morgan fingerprint density at radius 2 is 1.96 bits per heavy atom. The molecule has 0 N–H and O–H groups in total. The van der Waals surface area contributed by atoms with Crippen LogP contribution in [0.2, 0.25) is 0 Å². The average molecular weight is 398 g/mol. The van der Waals surface area contributed by atoms with Gasteiger partial charge >= 0.3 is 0 Å². The standard InChI is InChI=1S/C20H22N4O3S/c1-14-19(15(2)27-23-14)20-21-11-10-17(22-20)18-9-6-12-24(18)28(25,26)13-16-7-4-3-5-8-16/h3-5,7-8,10-11,18H,6,9,12-13H2,1-2H3/t18-/m0/s1. The van der Waals surface area contributed by atoms with Crippen molar-refractivity contribution in [2.75, 3.05) is 6.54 Å². The summed E-state index contributed by atoms with van der Waals surface area (Å²) >= 11 is 0. The van der Waals surface area contributed by atoms with E-state index in [0.717, 1.165) is 29.7 Å². The molecule has 146 valence electrons. The molecular weight excluding hydrogens is 376 g/mol. The van der Waals surface area contributed by atoms with E-state index in [-0.39, 0.29) is 11.8 Å². The Bertz CT molecular complexity index is 1060. The zero-order valence-corrected chi connectivity index (χ0v) is 16.7. The molecule has 1 saturated heterocycles. The van der Waals surface area contributed by atoms with Gasteiger partial charge in [-0.25, -0.2) is 18.4 Å². The molecule has 7 nitrogen and oxygen atoms in total. The molecule has 0 bridgehead atoms. The molecule has 1 aliphatic heterocycles. The van der Waals surface area contributed by atoms with Crippen LogP contribution in [0.5, 0.6) is 0 Å². The number of benzene rings is 1. The van der Waals surface area contributed by atoms with E-state index in [4.69, 9.17) is 4.52 Å². The Balaban J connectivity index is 1.65. The van der Waals surface area contributed by atoms with E-state index in [0.29, 0.717) is 23.8 Å². The highest BCUT2D eigenvalue weighted by Crippen LogP contribution is 2.35. The highest BCUT2D eigenvalue weighted by molar-refractivity contribution is 7.88. The first-order valence-electron chi connectivity index (χ1n) is 9.25. The predicted octanol–water partition coefficient (Wildman–Crippen LogP) is 3.42. The molecular formula is C20H22N4O3S. The topological polar surface area (TPSA) is 89.2 Å². The van der Waals surface area contributed by atoms with E-state index in [1.165, 1.54) is 0 Å². The molecule has 4 rings (SSSR count). The van der Waals surface area contributed by atoms with Gasteiger partial charge in [-0.3, -0.25) is 0 Å². The summed E-state index contributed by atoms with van der Waals surface area (Å²) in [6.07, 6.45) is 3.22. The van der Waals surface area contributed by atoms with Crippen LogP contribution in [0.4, 0.5) is 0 Å². The van der Waals surface area contributed by atoms with Gasteiger partial charge in [-0.05, 0) is 38.3 Å². The molecule has 0 aliphatic carbocycles. The Morgan fingerprint density at radius 3 is 2.68 bits per heavy atom. The van der Waals surface area contributed by atoms with Crippen LogP contribution in [0.15, 0.2) is 47.1 Å². The molecule has 8 heteroatoms. The summed E-state index contributed by atoms with van der Waals surface area (Å²) in [4.78, 5) is 9.02. The summed E-state index contributed by atoms with van der Waals surface area (Å²) in [7, 11) is -3.45. The van der Waals surface area contributed by atoms with Crippen molar-refractivity contribution in [3.63, 3.8) is 0 Å². The molecule has 3 aromatic rings. The van der Waals surface area contributed by atoms with Crippen molar-refractivity contribution < 1.29 is 12.9 Å². The quantitative estimate of drug-likeness (QED) is 0.654. The van der Waals surface area contributed by atoms with Crippen LogP contribution in [0.25, 0.3) is 11.4 Å². The maximum absolute atomic E-state index is 13.1. The van der Waals surface area contributed by atoms with Crippen molar-refractivity contribution in [2.45, 2.75) is 38.5 Å². The van der Waals surface area contributed by atoms with Crippen molar-refractivity contribution in [3.05, 3.63) is 65.3 Å². The Hall–Kier alpha value is -2.58. The first-order valence-corrected chi connectivity index (χ1v) is 10.9. The number of aryl methyl sites for hydroxylation is 2. The fourth-order valence-corrected chi connectivity index (χ4v) is 5.51. The molecule has 0 saturated carbocycles. The minimum Gasteiger partial charge on any atom is -0.361 e. The molecule has 1 aliphatic rings. The second-order valence-electron chi connectivity index (χ2n) is 7.01. The summed E-state index contributed by atoms with van der Waals surface area (Å²) in [5.74, 6) is 1.15. The number of nitrogens with zero attached hydrogens (tertiary/aromatic N) is 4. The molecule has 3 heterocycles. The summed E-state index contributed by atoms with van der Waals surface area (Å²) in [5.41, 5.74) is 2.97. The van der Waals surface area contributed by atoms with E-state index in [1.807, 2.05) is 44.2 Å². The van der Waals surface area contributed by atoms with Gasteiger partial charge in [-0.15, -0.1) is 0 Å². The lowest BCUT2D eigenvalue weighted by Crippen LogP contribution is -2.32. The second-order valence-corrected chi connectivity index (χ2v) is 8.94. The third-order valence-corrected chi connectivity index (χ3v) is 6.88. The van der Waals surface area contributed by atoms with Gasteiger partial charge in [0.05, 0.1) is 28.7 Å². The van der Waals surface area contributed by atoms with Gasteiger partial charge in [-0.1, -0.05) is 35.5 Å². The number of rotatable bonds is 5. The summed E-state index contributed by atoms with van der Waals surface area (Å²) in [6, 6.07) is 10.8. The van der Waals surface area contributed by atoms with E-state index in [9.17, 15) is 8.42 Å². The van der Waals surface area contributed by atoms with E-state index >= 15 is 0 Å². The number of aromatic nitrogens is 3. The minimum absolute atomic E-state index is 0.00779. The Kier molecular flexibility index (Phi) is 4.99. The second kappa shape index (κ2) is 7.44.